The van der Waals surface area contributed by atoms with Crippen molar-refractivity contribution < 1.29 is 24.2 Å². The number of benzene rings is 2. The van der Waals surface area contributed by atoms with Crippen molar-refractivity contribution in [1.82, 2.24) is 20.2 Å². The zero-order valence-electron chi connectivity index (χ0n) is 21.5. The minimum Gasteiger partial charge on any atom is -0.497 e. The van der Waals surface area contributed by atoms with Crippen LogP contribution in [0.25, 0.3) is 11.3 Å². The molecule has 3 heterocycles. The SMILES string of the molecule is COc1cccc([C@@H](CO)NC(=O)CN2Cc3ccc(-c4nc(NCC5CCCO5)ncc4Cl)cc3C2=O)c1. The fraction of sp³-hybridized carbons (Fsp3) is 0.357. The zero-order valence-corrected chi connectivity index (χ0v) is 22.3. The molecule has 5 rings (SSSR count). The summed E-state index contributed by atoms with van der Waals surface area (Å²) in [6.07, 6.45) is 3.71. The number of amides is 2. The van der Waals surface area contributed by atoms with E-state index in [4.69, 9.17) is 21.1 Å². The number of aromatic nitrogens is 2. The smallest absolute Gasteiger partial charge is 0.254 e. The average molecular weight is 552 g/mol. The Bertz CT molecular complexity index is 1360. The third-order valence-corrected chi connectivity index (χ3v) is 7.14. The van der Waals surface area contributed by atoms with Gasteiger partial charge in [-0.15, -0.1) is 0 Å². The second-order valence-electron chi connectivity index (χ2n) is 9.52. The van der Waals surface area contributed by atoms with Gasteiger partial charge in [0, 0.05) is 30.8 Å². The summed E-state index contributed by atoms with van der Waals surface area (Å²) in [6.45, 7) is 1.24. The molecule has 0 spiro atoms. The van der Waals surface area contributed by atoms with Crippen LogP contribution in [0.3, 0.4) is 0 Å². The molecule has 3 N–H and O–H groups in total. The summed E-state index contributed by atoms with van der Waals surface area (Å²) in [5.74, 6) is 0.421. The number of rotatable bonds is 10. The Balaban J connectivity index is 1.25. The maximum absolute atomic E-state index is 13.2. The standard InChI is InChI=1S/C28H30ClN5O5/c1-38-20-5-2-4-17(10-20)24(16-35)32-25(36)15-34-14-19-8-7-18(11-22(19)27(34)37)26-23(29)13-31-28(33-26)30-12-21-6-3-9-39-21/h2,4-5,7-8,10-11,13,21,24,35H,3,6,9,12,14-16H2,1H3,(H,32,36)(H,30,31,33)/t21?,24-/m1/s1. The third-order valence-electron chi connectivity index (χ3n) is 6.87. The van der Waals surface area contributed by atoms with E-state index in [0.29, 0.717) is 52.2 Å². The monoisotopic (exact) mass is 551 g/mol. The van der Waals surface area contributed by atoms with Gasteiger partial charge in [-0.25, -0.2) is 9.97 Å². The van der Waals surface area contributed by atoms with Crippen molar-refractivity contribution in [2.24, 2.45) is 0 Å². The fourth-order valence-electron chi connectivity index (χ4n) is 4.81. The highest BCUT2D eigenvalue weighted by Gasteiger charge is 2.30. The van der Waals surface area contributed by atoms with E-state index in [0.717, 1.165) is 25.0 Å². The number of nitrogens with one attached hydrogen (secondary N) is 2. The van der Waals surface area contributed by atoms with Crippen molar-refractivity contribution in [2.45, 2.75) is 31.5 Å². The van der Waals surface area contributed by atoms with Crippen LogP contribution in [0.5, 0.6) is 5.75 Å². The molecular formula is C28H30ClN5O5. The van der Waals surface area contributed by atoms with Crippen LogP contribution in [-0.2, 0) is 16.1 Å². The van der Waals surface area contributed by atoms with E-state index in [1.807, 2.05) is 12.1 Å². The molecule has 3 aromatic rings. The predicted molar refractivity (Wildman–Crippen MR) is 146 cm³/mol. The first-order valence-corrected chi connectivity index (χ1v) is 13.2. The Kier molecular flexibility index (Phi) is 8.25. The minimum absolute atomic E-state index is 0.136. The van der Waals surface area contributed by atoms with Gasteiger partial charge < -0.3 is 30.1 Å². The zero-order chi connectivity index (χ0) is 27.4. The molecule has 11 heteroatoms. The van der Waals surface area contributed by atoms with Crippen LogP contribution >= 0.6 is 11.6 Å². The Morgan fingerprint density at radius 2 is 2.18 bits per heavy atom. The summed E-state index contributed by atoms with van der Waals surface area (Å²) in [4.78, 5) is 36.3. The van der Waals surface area contributed by atoms with Gasteiger partial charge in [-0.3, -0.25) is 9.59 Å². The largest absolute Gasteiger partial charge is 0.497 e. The van der Waals surface area contributed by atoms with Crippen molar-refractivity contribution in [1.29, 1.82) is 0 Å². The van der Waals surface area contributed by atoms with E-state index in [1.54, 1.807) is 37.4 Å². The molecule has 0 aliphatic carbocycles. The molecule has 1 unspecified atom stereocenters. The van der Waals surface area contributed by atoms with E-state index in [2.05, 4.69) is 20.6 Å². The van der Waals surface area contributed by atoms with Crippen LogP contribution in [0.4, 0.5) is 5.95 Å². The number of hydrogen-bond acceptors (Lipinski definition) is 8. The molecule has 0 radical (unpaired) electrons. The number of aliphatic hydroxyl groups is 1. The normalized spacial score (nSPS) is 17.2. The first-order chi connectivity index (χ1) is 18.9. The number of aliphatic hydroxyl groups excluding tert-OH is 1. The maximum Gasteiger partial charge on any atom is 0.254 e. The summed E-state index contributed by atoms with van der Waals surface area (Å²) >= 11 is 6.42. The molecule has 10 nitrogen and oxygen atoms in total. The third kappa shape index (κ3) is 6.13. The second-order valence-corrected chi connectivity index (χ2v) is 9.93. The molecule has 39 heavy (non-hydrogen) atoms. The van der Waals surface area contributed by atoms with Gasteiger partial charge in [0.05, 0.1) is 42.8 Å². The highest BCUT2D eigenvalue weighted by atomic mass is 35.5. The molecule has 1 aromatic heterocycles. The van der Waals surface area contributed by atoms with Crippen molar-refractivity contribution in [3.05, 3.63) is 70.4 Å². The van der Waals surface area contributed by atoms with E-state index >= 15 is 0 Å². The summed E-state index contributed by atoms with van der Waals surface area (Å²) < 4.78 is 10.9. The number of ether oxygens (including phenoxy) is 2. The summed E-state index contributed by atoms with van der Waals surface area (Å²) in [6, 6.07) is 12.0. The van der Waals surface area contributed by atoms with Crippen LogP contribution in [0.15, 0.2) is 48.7 Å². The number of carbonyl (C=O) groups excluding carboxylic acids is 2. The number of fused-ring (bicyclic) bond motifs is 1. The van der Waals surface area contributed by atoms with Gasteiger partial charge in [0.1, 0.15) is 12.3 Å². The van der Waals surface area contributed by atoms with Crippen LogP contribution in [0.2, 0.25) is 5.02 Å². The fourth-order valence-corrected chi connectivity index (χ4v) is 5.01. The van der Waals surface area contributed by atoms with E-state index in [9.17, 15) is 14.7 Å². The molecule has 2 aromatic carbocycles. The molecule has 2 aliphatic rings. The van der Waals surface area contributed by atoms with Crippen molar-refractivity contribution >= 4 is 29.4 Å². The molecule has 2 aliphatic heterocycles. The predicted octanol–water partition coefficient (Wildman–Crippen LogP) is 3.20. The number of hydrogen-bond donors (Lipinski definition) is 3. The Morgan fingerprint density at radius 1 is 1.31 bits per heavy atom. The Hall–Kier alpha value is -3.73. The number of carbonyl (C=O) groups is 2. The lowest BCUT2D eigenvalue weighted by atomic mass is 10.0. The number of nitrogens with zero attached hydrogens (tertiary/aromatic N) is 3. The molecule has 2 atom stereocenters. The first kappa shape index (κ1) is 26.9. The van der Waals surface area contributed by atoms with Gasteiger partial charge in [0.2, 0.25) is 11.9 Å². The quantitative estimate of drug-likeness (QED) is 0.351. The molecule has 0 saturated carbocycles. The van der Waals surface area contributed by atoms with Crippen LogP contribution < -0.4 is 15.4 Å². The lowest BCUT2D eigenvalue weighted by Gasteiger charge is -2.20. The van der Waals surface area contributed by atoms with Gasteiger partial charge in [-0.1, -0.05) is 35.9 Å². The Labute approximate surface area is 231 Å². The van der Waals surface area contributed by atoms with Gasteiger partial charge in [-0.2, -0.15) is 0 Å². The van der Waals surface area contributed by atoms with E-state index in [-0.39, 0.29) is 31.1 Å². The second kappa shape index (κ2) is 12.0. The lowest BCUT2D eigenvalue weighted by molar-refractivity contribution is -0.122. The van der Waals surface area contributed by atoms with Gasteiger partial charge in [0.15, 0.2) is 0 Å². The van der Waals surface area contributed by atoms with Gasteiger partial charge in [0.25, 0.3) is 5.91 Å². The van der Waals surface area contributed by atoms with Crippen molar-refractivity contribution in [3.8, 4) is 17.0 Å². The first-order valence-electron chi connectivity index (χ1n) is 12.8. The number of halogens is 1. The lowest BCUT2D eigenvalue weighted by Crippen LogP contribution is -2.40. The average Bonchev–Trinajstić information content (AvgIpc) is 3.59. The molecule has 2 amide bonds. The van der Waals surface area contributed by atoms with E-state index in [1.165, 1.54) is 11.1 Å². The molecular weight excluding hydrogens is 522 g/mol. The minimum atomic E-state index is -0.623. The molecule has 1 saturated heterocycles. The highest BCUT2D eigenvalue weighted by molar-refractivity contribution is 6.33. The summed E-state index contributed by atoms with van der Waals surface area (Å²) in [5, 5.41) is 16.2. The molecule has 0 bridgehead atoms. The van der Waals surface area contributed by atoms with Crippen LogP contribution in [0, 0.1) is 0 Å². The maximum atomic E-state index is 13.2. The number of anilines is 1. The molecule has 204 valence electrons. The Morgan fingerprint density at radius 3 is 2.95 bits per heavy atom. The summed E-state index contributed by atoms with van der Waals surface area (Å²) in [7, 11) is 1.55. The van der Waals surface area contributed by atoms with Gasteiger partial charge >= 0.3 is 0 Å². The van der Waals surface area contributed by atoms with Gasteiger partial charge in [-0.05, 0) is 42.2 Å². The highest BCUT2D eigenvalue weighted by Crippen LogP contribution is 2.31. The van der Waals surface area contributed by atoms with Crippen LogP contribution in [0.1, 0.15) is 40.4 Å². The summed E-state index contributed by atoms with van der Waals surface area (Å²) in [5.41, 5.74) is 3.20. The van der Waals surface area contributed by atoms with Crippen LogP contribution in [-0.4, -0.2) is 71.3 Å². The topological polar surface area (TPSA) is 126 Å². The number of methoxy groups -OCH3 is 1. The van der Waals surface area contributed by atoms with Crippen molar-refractivity contribution in [3.63, 3.8) is 0 Å². The molecule has 1 fully saturated rings. The van der Waals surface area contributed by atoms with Crippen molar-refractivity contribution in [2.75, 3.05) is 38.7 Å². The van der Waals surface area contributed by atoms with E-state index < -0.39 is 6.04 Å².